The first-order chi connectivity index (χ1) is 11.7. The summed E-state index contributed by atoms with van der Waals surface area (Å²) in [5.41, 5.74) is 2.06. The van der Waals surface area contributed by atoms with Crippen LogP contribution in [0.3, 0.4) is 0 Å². The van der Waals surface area contributed by atoms with Crippen LogP contribution < -0.4 is 0 Å². The van der Waals surface area contributed by atoms with E-state index in [9.17, 15) is 0 Å². The van der Waals surface area contributed by atoms with Gasteiger partial charge in [0, 0.05) is 48.9 Å². The molecule has 0 N–H and O–H groups in total. The number of pyridine rings is 1. The molecule has 3 aromatic rings. The summed E-state index contributed by atoms with van der Waals surface area (Å²) in [7, 11) is 2.17. The molecule has 1 aliphatic heterocycles. The predicted molar refractivity (Wildman–Crippen MR) is 97.1 cm³/mol. The van der Waals surface area contributed by atoms with Gasteiger partial charge in [-0.25, -0.2) is 4.98 Å². The van der Waals surface area contributed by atoms with Crippen LogP contribution in [0.4, 0.5) is 0 Å². The van der Waals surface area contributed by atoms with Gasteiger partial charge in [-0.05, 0) is 37.6 Å². The lowest BCUT2D eigenvalue weighted by molar-refractivity contribution is 0.227. The van der Waals surface area contributed by atoms with Crippen molar-refractivity contribution in [2.45, 2.75) is 25.9 Å². The van der Waals surface area contributed by atoms with E-state index in [4.69, 9.17) is 16.6 Å². The van der Waals surface area contributed by atoms with Crippen LogP contribution in [0, 0.1) is 5.92 Å². The molecule has 0 spiro atoms. The second-order valence-electron chi connectivity index (χ2n) is 6.74. The molecule has 1 aliphatic rings. The Morgan fingerprint density at radius 1 is 1.29 bits per heavy atom. The molecule has 2 aromatic heterocycles. The molecule has 1 atom stereocenters. The Morgan fingerprint density at radius 3 is 3.08 bits per heavy atom. The number of fused-ring (bicyclic) bond motifs is 2. The van der Waals surface area contributed by atoms with E-state index in [1.54, 1.807) is 0 Å². The molecule has 0 radical (unpaired) electrons. The van der Waals surface area contributed by atoms with E-state index in [0.717, 1.165) is 47.7 Å². The fourth-order valence-corrected chi connectivity index (χ4v) is 3.75. The van der Waals surface area contributed by atoms with Crippen LogP contribution in [-0.4, -0.2) is 33.0 Å². The van der Waals surface area contributed by atoms with Gasteiger partial charge < -0.3 is 9.47 Å². The highest BCUT2D eigenvalue weighted by molar-refractivity contribution is 6.31. The summed E-state index contributed by atoms with van der Waals surface area (Å²) in [6, 6.07) is 10.1. The van der Waals surface area contributed by atoms with Crippen LogP contribution in [0.1, 0.15) is 17.9 Å². The van der Waals surface area contributed by atoms with Gasteiger partial charge in [0.25, 0.3) is 0 Å². The maximum Gasteiger partial charge on any atom is 0.108 e. The monoisotopic (exact) mass is 340 g/mol. The quantitative estimate of drug-likeness (QED) is 0.724. The SMILES string of the molecule is CN(Cc1ccc2ccc(Cl)cc2n1)CC1CCc2nccn2C1. The number of aromatic nitrogens is 3. The minimum absolute atomic E-state index is 0.673. The van der Waals surface area contributed by atoms with Crippen molar-refractivity contribution in [3.63, 3.8) is 0 Å². The molecule has 0 aliphatic carbocycles. The fourth-order valence-electron chi connectivity index (χ4n) is 3.59. The van der Waals surface area contributed by atoms with E-state index in [0.29, 0.717) is 5.92 Å². The first-order valence-corrected chi connectivity index (χ1v) is 8.79. The molecular formula is C19H21ClN4. The Kier molecular flexibility index (Phi) is 4.25. The van der Waals surface area contributed by atoms with Crippen molar-refractivity contribution in [1.29, 1.82) is 0 Å². The number of halogens is 1. The van der Waals surface area contributed by atoms with Crippen molar-refractivity contribution < 1.29 is 0 Å². The van der Waals surface area contributed by atoms with Crippen LogP contribution in [-0.2, 0) is 19.5 Å². The topological polar surface area (TPSA) is 34.0 Å². The lowest BCUT2D eigenvalue weighted by Crippen LogP contribution is -2.31. The number of imidazole rings is 1. The van der Waals surface area contributed by atoms with Gasteiger partial charge in [0.15, 0.2) is 0 Å². The first-order valence-electron chi connectivity index (χ1n) is 8.41. The normalized spacial score (nSPS) is 17.4. The van der Waals surface area contributed by atoms with Gasteiger partial charge in [0.1, 0.15) is 5.82 Å². The summed E-state index contributed by atoms with van der Waals surface area (Å²) in [6.07, 6.45) is 6.29. The molecule has 24 heavy (non-hydrogen) atoms. The van der Waals surface area contributed by atoms with Crippen LogP contribution in [0.15, 0.2) is 42.7 Å². The van der Waals surface area contributed by atoms with Crippen LogP contribution in [0.5, 0.6) is 0 Å². The van der Waals surface area contributed by atoms with Gasteiger partial charge in [-0.3, -0.25) is 4.98 Å². The van der Waals surface area contributed by atoms with Gasteiger partial charge in [0.2, 0.25) is 0 Å². The molecule has 0 fully saturated rings. The Labute approximate surface area is 147 Å². The number of hydrogen-bond donors (Lipinski definition) is 0. The van der Waals surface area contributed by atoms with E-state index >= 15 is 0 Å². The highest BCUT2D eigenvalue weighted by Crippen LogP contribution is 2.21. The third-order valence-electron chi connectivity index (χ3n) is 4.75. The van der Waals surface area contributed by atoms with Crippen LogP contribution >= 0.6 is 11.6 Å². The van der Waals surface area contributed by atoms with Crippen molar-refractivity contribution in [3.8, 4) is 0 Å². The van der Waals surface area contributed by atoms with Gasteiger partial charge in [0.05, 0.1) is 11.2 Å². The molecule has 0 bridgehead atoms. The second-order valence-corrected chi connectivity index (χ2v) is 7.17. The van der Waals surface area contributed by atoms with E-state index in [-0.39, 0.29) is 0 Å². The Morgan fingerprint density at radius 2 is 2.17 bits per heavy atom. The smallest absolute Gasteiger partial charge is 0.108 e. The largest absolute Gasteiger partial charge is 0.335 e. The summed E-state index contributed by atoms with van der Waals surface area (Å²) in [4.78, 5) is 11.5. The molecular weight excluding hydrogens is 320 g/mol. The lowest BCUT2D eigenvalue weighted by Gasteiger charge is -2.28. The molecule has 1 unspecified atom stereocenters. The number of nitrogens with zero attached hydrogens (tertiary/aromatic N) is 4. The Bertz CT molecular complexity index is 857. The molecule has 0 amide bonds. The van der Waals surface area contributed by atoms with Gasteiger partial charge >= 0.3 is 0 Å². The first kappa shape index (κ1) is 15.6. The molecule has 5 heteroatoms. The number of hydrogen-bond acceptors (Lipinski definition) is 3. The standard InChI is InChI=1S/C19H21ClN4/c1-23(11-14-2-7-19-21-8-9-24(19)12-14)13-17-6-4-15-3-5-16(20)10-18(15)22-17/h3-6,8-10,14H,2,7,11-13H2,1H3. The zero-order valence-electron chi connectivity index (χ0n) is 13.8. The fraction of sp³-hybridized carbons (Fsp3) is 0.368. The molecule has 4 rings (SSSR count). The minimum Gasteiger partial charge on any atom is -0.335 e. The minimum atomic E-state index is 0.673. The third kappa shape index (κ3) is 3.30. The summed E-state index contributed by atoms with van der Waals surface area (Å²) in [6.45, 7) is 3.00. The third-order valence-corrected chi connectivity index (χ3v) is 4.98. The zero-order valence-corrected chi connectivity index (χ0v) is 14.6. The highest BCUT2D eigenvalue weighted by atomic mass is 35.5. The van der Waals surface area contributed by atoms with Gasteiger partial charge in [-0.1, -0.05) is 23.7 Å². The van der Waals surface area contributed by atoms with Crippen molar-refractivity contribution in [3.05, 3.63) is 59.3 Å². The number of rotatable bonds is 4. The molecule has 0 saturated heterocycles. The lowest BCUT2D eigenvalue weighted by atomic mass is 9.99. The average molecular weight is 341 g/mol. The van der Waals surface area contributed by atoms with E-state index in [1.165, 1.54) is 12.2 Å². The average Bonchev–Trinajstić information content (AvgIpc) is 3.02. The highest BCUT2D eigenvalue weighted by Gasteiger charge is 2.20. The molecule has 4 nitrogen and oxygen atoms in total. The van der Waals surface area contributed by atoms with Crippen molar-refractivity contribution in [1.82, 2.24) is 19.4 Å². The van der Waals surface area contributed by atoms with E-state index in [2.05, 4.69) is 39.8 Å². The summed E-state index contributed by atoms with van der Waals surface area (Å²) < 4.78 is 2.29. The van der Waals surface area contributed by atoms with Gasteiger partial charge in [-0.15, -0.1) is 0 Å². The number of aryl methyl sites for hydroxylation is 1. The Hall–Kier alpha value is -1.91. The summed E-state index contributed by atoms with van der Waals surface area (Å²) in [5.74, 6) is 1.90. The molecule has 0 saturated carbocycles. The van der Waals surface area contributed by atoms with Gasteiger partial charge in [-0.2, -0.15) is 0 Å². The van der Waals surface area contributed by atoms with Crippen molar-refractivity contribution in [2.75, 3.05) is 13.6 Å². The maximum absolute atomic E-state index is 6.08. The van der Waals surface area contributed by atoms with E-state index in [1.807, 2.05) is 24.4 Å². The molecule has 3 heterocycles. The Balaban J connectivity index is 1.42. The zero-order chi connectivity index (χ0) is 16.5. The van der Waals surface area contributed by atoms with Crippen LogP contribution in [0.2, 0.25) is 5.02 Å². The molecule has 124 valence electrons. The van der Waals surface area contributed by atoms with E-state index < -0.39 is 0 Å². The summed E-state index contributed by atoms with van der Waals surface area (Å²) in [5, 5.41) is 1.87. The van der Waals surface area contributed by atoms with Crippen molar-refractivity contribution in [2.24, 2.45) is 5.92 Å². The second kappa shape index (κ2) is 6.54. The summed E-state index contributed by atoms with van der Waals surface area (Å²) >= 11 is 6.08. The predicted octanol–water partition coefficient (Wildman–Crippen LogP) is 3.78. The maximum atomic E-state index is 6.08. The van der Waals surface area contributed by atoms with Crippen molar-refractivity contribution >= 4 is 22.5 Å². The number of benzene rings is 1. The molecule has 1 aromatic carbocycles. The van der Waals surface area contributed by atoms with Crippen LogP contribution in [0.25, 0.3) is 10.9 Å².